The topological polar surface area (TPSA) is 86.2 Å². The second-order valence-corrected chi connectivity index (χ2v) is 7.35. The summed E-state index contributed by atoms with van der Waals surface area (Å²) in [6.07, 6.45) is 5.67. The molecule has 0 bridgehead atoms. The van der Waals surface area contributed by atoms with Gasteiger partial charge in [0.05, 0.1) is 29.8 Å². The summed E-state index contributed by atoms with van der Waals surface area (Å²) in [6.45, 7) is 1.11. The molecule has 3 N–H and O–H groups in total. The van der Waals surface area contributed by atoms with Crippen molar-refractivity contribution in [3.8, 4) is 0 Å². The third kappa shape index (κ3) is 3.04. The first-order chi connectivity index (χ1) is 12.6. The highest BCUT2D eigenvalue weighted by atomic mass is 16.5. The number of nitrogens with two attached hydrogens (primary N) is 1. The molecule has 0 spiro atoms. The Morgan fingerprint density at radius 1 is 1.19 bits per heavy atom. The Morgan fingerprint density at radius 2 is 1.96 bits per heavy atom. The van der Waals surface area contributed by atoms with E-state index in [0.29, 0.717) is 30.9 Å². The average Bonchev–Trinajstić information content (AvgIpc) is 2.99. The van der Waals surface area contributed by atoms with E-state index in [1.54, 1.807) is 7.11 Å². The number of nitrogen functional groups attached to an aromatic ring is 1. The van der Waals surface area contributed by atoms with E-state index >= 15 is 0 Å². The van der Waals surface area contributed by atoms with Crippen molar-refractivity contribution in [3.63, 3.8) is 0 Å². The van der Waals surface area contributed by atoms with Crippen LogP contribution in [0.25, 0.3) is 21.9 Å². The maximum absolute atomic E-state index is 11.2. The minimum absolute atomic E-state index is 0.437. The van der Waals surface area contributed by atoms with Gasteiger partial charge in [-0.15, -0.1) is 0 Å². The number of pyridine rings is 1. The summed E-state index contributed by atoms with van der Waals surface area (Å²) in [7, 11) is 1.69. The van der Waals surface area contributed by atoms with E-state index in [9.17, 15) is 5.11 Å². The van der Waals surface area contributed by atoms with Crippen molar-refractivity contribution >= 4 is 27.8 Å². The molecule has 0 saturated heterocycles. The maximum Gasteiger partial charge on any atom is 0.152 e. The molecule has 138 valence electrons. The Kier molecular flexibility index (Phi) is 4.54. The third-order valence-corrected chi connectivity index (χ3v) is 5.46. The fraction of sp³-hybridized carbons (Fsp3) is 0.500. The fourth-order valence-corrected chi connectivity index (χ4v) is 4.12. The Morgan fingerprint density at radius 3 is 2.73 bits per heavy atom. The van der Waals surface area contributed by atoms with Crippen LogP contribution in [0, 0.1) is 0 Å². The van der Waals surface area contributed by atoms with Gasteiger partial charge in [0, 0.05) is 18.9 Å². The van der Waals surface area contributed by atoms with Crippen LogP contribution in [0.4, 0.5) is 5.82 Å². The minimum Gasteiger partial charge on any atom is -0.388 e. The van der Waals surface area contributed by atoms with Crippen LogP contribution in [-0.2, 0) is 17.7 Å². The molecular formula is C20H26N4O2. The molecule has 3 aromatic rings. The van der Waals surface area contributed by atoms with Crippen molar-refractivity contribution in [2.45, 2.75) is 50.7 Å². The summed E-state index contributed by atoms with van der Waals surface area (Å²) in [6, 6.07) is 7.98. The summed E-state index contributed by atoms with van der Waals surface area (Å²) < 4.78 is 7.42. The fourth-order valence-electron chi connectivity index (χ4n) is 4.12. The second kappa shape index (κ2) is 6.85. The van der Waals surface area contributed by atoms with Crippen molar-refractivity contribution < 1.29 is 9.84 Å². The number of nitrogens with zero attached hydrogens (tertiary/aromatic N) is 3. The number of benzene rings is 1. The normalized spacial score (nSPS) is 17.2. The number of methoxy groups -OCH3 is 1. The van der Waals surface area contributed by atoms with Gasteiger partial charge in [-0.3, -0.25) is 0 Å². The number of fused-ring (bicyclic) bond motifs is 3. The molecule has 1 aromatic carbocycles. The van der Waals surface area contributed by atoms with Crippen LogP contribution in [0.1, 0.15) is 37.9 Å². The van der Waals surface area contributed by atoms with Gasteiger partial charge in [0.15, 0.2) is 5.82 Å². The van der Waals surface area contributed by atoms with Crippen molar-refractivity contribution in [1.29, 1.82) is 0 Å². The van der Waals surface area contributed by atoms with Gasteiger partial charge in [-0.05, 0) is 18.9 Å². The number of aromatic nitrogens is 3. The predicted molar refractivity (Wildman–Crippen MR) is 103 cm³/mol. The Balaban J connectivity index is 1.91. The van der Waals surface area contributed by atoms with Gasteiger partial charge in [0.1, 0.15) is 11.3 Å². The lowest BCUT2D eigenvalue weighted by Crippen LogP contribution is -2.36. The molecule has 6 nitrogen and oxygen atoms in total. The van der Waals surface area contributed by atoms with E-state index in [1.807, 2.05) is 24.3 Å². The third-order valence-electron chi connectivity index (χ3n) is 5.46. The van der Waals surface area contributed by atoms with Crippen LogP contribution >= 0.6 is 0 Å². The maximum atomic E-state index is 11.2. The molecule has 2 heterocycles. The number of ether oxygens (including phenoxy) is 1. The molecule has 0 aliphatic heterocycles. The molecule has 0 unspecified atom stereocenters. The molecular weight excluding hydrogens is 328 g/mol. The zero-order valence-corrected chi connectivity index (χ0v) is 15.2. The van der Waals surface area contributed by atoms with Gasteiger partial charge in [0.25, 0.3) is 0 Å². The summed E-state index contributed by atoms with van der Waals surface area (Å²) in [4.78, 5) is 9.29. The van der Waals surface area contributed by atoms with Crippen LogP contribution in [0.15, 0.2) is 24.3 Å². The summed E-state index contributed by atoms with van der Waals surface area (Å²) in [5, 5.41) is 12.2. The standard InChI is InChI=1S/C20H26N4O2/c1-26-12-9-16-23-17-18(14-7-3-4-8-15(14)22-19(17)21)24(16)13-20(25)10-5-2-6-11-20/h3-4,7-8,25H,2,5-6,9-13H2,1H3,(H2,21,22). The first kappa shape index (κ1) is 17.2. The van der Waals surface area contributed by atoms with Crippen LogP contribution in [0.5, 0.6) is 0 Å². The zero-order chi connectivity index (χ0) is 18.1. The molecule has 2 aromatic heterocycles. The molecule has 1 aliphatic rings. The van der Waals surface area contributed by atoms with E-state index in [1.165, 1.54) is 6.42 Å². The Hall–Kier alpha value is -2.18. The Bertz CT molecular complexity index is 928. The first-order valence-electron chi connectivity index (χ1n) is 9.36. The zero-order valence-electron chi connectivity index (χ0n) is 15.2. The van der Waals surface area contributed by atoms with Crippen LogP contribution in [0.2, 0.25) is 0 Å². The smallest absolute Gasteiger partial charge is 0.152 e. The number of rotatable bonds is 5. The molecule has 0 radical (unpaired) electrons. The number of anilines is 1. The van der Waals surface area contributed by atoms with Gasteiger partial charge in [-0.1, -0.05) is 37.5 Å². The van der Waals surface area contributed by atoms with Crippen molar-refractivity contribution in [2.75, 3.05) is 19.5 Å². The number of hydrogen-bond donors (Lipinski definition) is 2. The molecule has 0 atom stereocenters. The number of aliphatic hydroxyl groups is 1. The molecule has 6 heteroatoms. The second-order valence-electron chi connectivity index (χ2n) is 7.35. The van der Waals surface area contributed by atoms with Gasteiger partial charge < -0.3 is 20.1 Å². The highest BCUT2D eigenvalue weighted by Crippen LogP contribution is 2.34. The van der Waals surface area contributed by atoms with Gasteiger partial charge in [0.2, 0.25) is 0 Å². The van der Waals surface area contributed by atoms with E-state index in [-0.39, 0.29) is 0 Å². The lowest BCUT2D eigenvalue weighted by molar-refractivity contribution is -0.0112. The molecule has 1 saturated carbocycles. The van der Waals surface area contributed by atoms with Crippen LogP contribution < -0.4 is 5.73 Å². The van der Waals surface area contributed by atoms with Crippen LogP contribution in [0.3, 0.4) is 0 Å². The number of imidazole rings is 1. The lowest BCUT2D eigenvalue weighted by Gasteiger charge is -2.33. The van der Waals surface area contributed by atoms with Crippen molar-refractivity contribution in [3.05, 3.63) is 30.1 Å². The lowest BCUT2D eigenvalue weighted by atomic mass is 9.84. The molecule has 26 heavy (non-hydrogen) atoms. The van der Waals surface area contributed by atoms with E-state index < -0.39 is 5.60 Å². The quantitative estimate of drug-likeness (QED) is 0.735. The molecule has 0 amide bonds. The summed E-state index contributed by atoms with van der Waals surface area (Å²) in [5.74, 6) is 1.33. The molecule has 4 rings (SSSR count). The summed E-state index contributed by atoms with van der Waals surface area (Å²) in [5.41, 5.74) is 8.07. The monoisotopic (exact) mass is 354 g/mol. The first-order valence-corrected chi connectivity index (χ1v) is 9.36. The Labute approximate surface area is 153 Å². The molecule has 1 fully saturated rings. The van der Waals surface area contributed by atoms with Gasteiger partial charge >= 0.3 is 0 Å². The largest absolute Gasteiger partial charge is 0.388 e. The van der Waals surface area contributed by atoms with Gasteiger partial charge in [-0.2, -0.15) is 0 Å². The van der Waals surface area contributed by atoms with E-state index in [0.717, 1.165) is 47.9 Å². The minimum atomic E-state index is -0.688. The van der Waals surface area contributed by atoms with Crippen molar-refractivity contribution in [2.24, 2.45) is 0 Å². The SMILES string of the molecule is COCCc1nc2c(N)nc3ccccc3c2n1CC1(O)CCCCC1. The van der Waals surface area contributed by atoms with Gasteiger partial charge in [-0.25, -0.2) is 9.97 Å². The number of hydrogen-bond acceptors (Lipinski definition) is 5. The van der Waals surface area contributed by atoms with Crippen LogP contribution in [-0.4, -0.2) is 39.0 Å². The predicted octanol–water partition coefficient (Wildman–Crippen LogP) is 3.05. The van der Waals surface area contributed by atoms with E-state index in [2.05, 4.69) is 9.55 Å². The van der Waals surface area contributed by atoms with E-state index in [4.69, 9.17) is 15.5 Å². The summed E-state index contributed by atoms with van der Waals surface area (Å²) >= 11 is 0. The average molecular weight is 354 g/mol. The highest BCUT2D eigenvalue weighted by Gasteiger charge is 2.31. The van der Waals surface area contributed by atoms with Crippen molar-refractivity contribution in [1.82, 2.24) is 14.5 Å². The number of para-hydroxylation sites is 1. The molecule has 1 aliphatic carbocycles. The highest BCUT2D eigenvalue weighted by molar-refractivity contribution is 6.06.